The summed E-state index contributed by atoms with van der Waals surface area (Å²) in [6, 6.07) is 16.9. The fraction of sp³-hybridized carbons (Fsp3) is 0.462. The van der Waals surface area contributed by atoms with Gasteiger partial charge in [0.1, 0.15) is 24.1 Å². The summed E-state index contributed by atoms with van der Waals surface area (Å²) in [6.07, 6.45) is 0.386. The van der Waals surface area contributed by atoms with Crippen molar-refractivity contribution in [3.8, 4) is 5.75 Å². The standard InChI is InChI=1S/C26H35NO5/c1-5-17-27(25(30)32-26(2,3)4)18-21(28)19-31-24-14-10-9-13-22(24)23(29)16-15-20-11-7-6-8-12-20/h6-14,21,28H,5,15-19H2,1-4H3. The lowest BCUT2D eigenvalue weighted by Gasteiger charge is -2.28. The molecule has 0 aliphatic carbocycles. The van der Waals surface area contributed by atoms with Crippen molar-refractivity contribution < 1.29 is 24.2 Å². The maximum absolute atomic E-state index is 12.8. The van der Waals surface area contributed by atoms with Crippen LogP contribution in [0.5, 0.6) is 5.75 Å². The molecule has 0 saturated heterocycles. The second-order valence-electron chi connectivity index (χ2n) is 8.80. The van der Waals surface area contributed by atoms with Gasteiger partial charge in [0, 0.05) is 13.0 Å². The number of aliphatic hydroxyl groups excluding tert-OH is 1. The minimum absolute atomic E-state index is 0.0136. The Labute approximate surface area is 191 Å². The number of nitrogens with zero attached hydrogens (tertiary/aromatic N) is 1. The van der Waals surface area contributed by atoms with E-state index in [2.05, 4.69) is 0 Å². The summed E-state index contributed by atoms with van der Waals surface area (Å²) in [7, 11) is 0. The summed E-state index contributed by atoms with van der Waals surface area (Å²) in [5, 5.41) is 10.5. The van der Waals surface area contributed by atoms with Crippen LogP contribution in [0, 0.1) is 0 Å². The molecular weight excluding hydrogens is 406 g/mol. The summed E-state index contributed by atoms with van der Waals surface area (Å²) in [5.74, 6) is 0.421. The van der Waals surface area contributed by atoms with Crippen molar-refractivity contribution in [3.63, 3.8) is 0 Å². The van der Waals surface area contributed by atoms with Gasteiger partial charge in [0.25, 0.3) is 0 Å². The minimum atomic E-state index is -0.915. The zero-order valence-electron chi connectivity index (χ0n) is 19.5. The smallest absolute Gasteiger partial charge is 0.410 e. The molecule has 32 heavy (non-hydrogen) atoms. The molecule has 0 bridgehead atoms. The highest BCUT2D eigenvalue weighted by atomic mass is 16.6. The van der Waals surface area contributed by atoms with Crippen molar-refractivity contribution in [2.24, 2.45) is 0 Å². The monoisotopic (exact) mass is 441 g/mol. The lowest BCUT2D eigenvalue weighted by molar-refractivity contribution is 0.00918. The van der Waals surface area contributed by atoms with E-state index in [4.69, 9.17) is 9.47 Å². The van der Waals surface area contributed by atoms with Crippen LogP contribution in [0.4, 0.5) is 4.79 Å². The maximum atomic E-state index is 12.8. The number of aliphatic hydroxyl groups is 1. The normalized spacial score (nSPS) is 12.2. The zero-order valence-corrected chi connectivity index (χ0v) is 19.5. The fourth-order valence-electron chi connectivity index (χ4n) is 3.21. The molecule has 6 heteroatoms. The summed E-state index contributed by atoms with van der Waals surface area (Å²) in [6.45, 7) is 7.90. The molecule has 1 atom stereocenters. The number of ketones is 1. The number of para-hydroxylation sites is 1. The molecule has 0 saturated carbocycles. The fourth-order valence-corrected chi connectivity index (χ4v) is 3.21. The summed E-state index contributed by atoms with van der Waals surface area (Å²) < 4.78 is 11.2. The van der Waals surface area contributed by atoms with Crippen LogP contribution in [0.1, 0.15) is 56.5 Å². The van der Waals surface area contributed by atoms with E-state index in [0.717, 1.165) is 12.0 Å². The molecule has 1 amide bonds. The second kappa shape index (κ2) is 12.2. The number of hydrogen-bond donors (Lipinski definition) is 1. The first-order valence-corrected chi connectivity index (χ1v) is 11.1. The number of ether oxygens (including phenoxy) is 2. The minimum Gasteiger partial charge on any atom is -0.490 e. The molecule has 1 N–H and O–H groups in total. The molecule has 2 rings (SSSR count). The van der Waals surface area contributed by atoms with Gasteiger partial charge in [0.2, 0.25) is 0 Å². The van der Waals surface area contributed by atoms with Crippen LogP contribution in [0.2, 0.25) is 0 Å². The molecular formula is C26H35NO5. The lowest BCUT2D eigenvalue weighted by atomic mass is 10.0. The third-order valence-corrected chi connectivity index (χ3v) is 4.68. The van der Waals surface area contributed by atoms with Crippen molar-refractivity contribution in [3.05, 3.63) is 65.7 Å². The first-order valence-electron chi connectivity index (χ1n) is 11.1. The summed E-state index contributed by atoms with van der Waals surface area (Å²) >= 11 is 0. The molecule has 0 aliphatic heterocycles. The van der Waals surface area contributed by atoms with Crippen LogP contribution in [0.15, 0.2) is 54.6 Å². The first-order chi connectivity index (χ1) is 15.2. The Morgan fingerprint density at radius 3 is 2.34 bits per heavy atom. The van der Waals surface area contributed by atoms with E-state index >= 15 is 0 Å². The van der Waals surface area contributed by atoms with Crippen LogP contribution in [-0.2, 0) is 11.2 Å². The van der Waals surface area contributed by atoms with Crippen LogP contribution in [0.3, 0.4) is 0 Å². The largest absolute Gasteiger partial charge is 0.490 e. The average molecular weight is 442 g/mol. The van der Waals surface area contributed by atoms with Crippen LogP contribution in [-0.4, -0.2) is 53.3 Å². The zero-order chi connectivity index (χ0) is 23.6. The molecule has 0 aromatic heterocycles. The topological polar surface area (TPSA) is 76.1 Å². The predicted molar refractivity (Wildman–Crippen MR) is 125 cm³/mol. The van der Waals surface area contributed by atoms with Gasteiger partial charge < -0.3 is 19.5 Å². The number of aryl methyl sites for hydroxylation is 1. The van der Waals surface area contributed by atoms with Crippen molar-refractivity contribution >= 4 is 11.9 Å². The number of rotatable bonds is 11. The molecule has 0 fully saturated rings. The third kappa shape index (κ3) is 8.71. The molecule has 0 radical (unpaired) electrons. The number of Topliss-reactive ketones (excluding diaryl/α,β-unsaturated/α-hetero) is 1. The Hall–Kier alpha value is -2.86. The Bertz CT molecular complexity index is 860. The number of amides is 1. The molecule has 0 aliphatic rings. The Morgan fingerprint density at radius 1 is 1.03 bits per heavy atom. The predicted octanol–water partition coefficient (Wildman–Crippen LogP) is 4.89. The van der Waals surface area contributed by atoms with E-state index in [0.29, 0.717) is 30.7 Å². The Kier molecular flexibility index (Phi) is 9.72. The van der Waals surface area contributed by atoms with E-state index in [9.17, 15) is 14.7 Å². The third-order valence-electron chi connectivity index (χ3n) is 4.68. The van der Waals surface area contributed by atoms with E-state index in [1.165, 1.54) is 4.90 Å². The molecule has 2 aromatic carbocycles. The number of hydrogen-bond acceptors (Lipinski definition) is 5. The highest BCUT2D eigenvalue weighted by Crippen LogP contribution is 2.21. The molecule has 0 spiro atoms. The van der Waals surface area contributed by atoms with Crippen LogP contribution >= 0.6 is 0 Å². The maximum Gasteiger partial charge on any atom is 0.410 e. The lowest BCUT2D eigenvalue weighted by Crippen LogP contribution is -2.43. The van der Waals surface area contributed by atoms with E-state index < -0.39 is 17.8 Å². The number of benzene rings is 2. The van der Waals surface area contributed by atoms with E-state index in [1.54, 1.807) is 45.0 Å². The number of carbonyl (C=O) groups is 2. The molecule has 174 valence electrons. The molecule has 2 aromatic rings. The van der Waals surface area contributed by atoms with Gasteiger partial charge >= 0.3 is 6.09 Å². The van der Waals surface area contributed by atoms with E-state index in [1.807, 2.05) is 37.3 Å². The van der Waals surface area contributed by atoms with Gasteiger partial charge in [-0.25, -0.2) is 4.79 Å². The summed E-state index contributed by atoms with van der Waals surface area (Å²) in [5.41, 5.74) is 0.991. The van der Waals surface area contributed by atoms with Crippen molar-refractivity contribution in [1.82, 2.24) is 4.90 Å². The number of carbonyl (C=O) groups excluding carboxylic acids is 2. The Morgan fingerprint density at radius 2 is 1.69 bits per heavy atom. The van der Waals surface area contributed by atoms with Gasteiger partial charge in [-0.05, 0) is 51.3 Å². The molecule has 0 heterocycles. The van der Waals surface area contributed by atoms with Gasteiger partial charge in [0.05, 0.1) is 12.1 Å². The summed E-state index contributed by atoms with van der Waals surface area (Å²) in [4.78, 5) is 26.6. The van der Waals surface area contributed by atoms with Gasteiger partial charge in [0.15, 0.2) is 5.78 Å². The van der Waals surface area contributed by atoms with Gasteiger partial charge in [-0.3, -0.25) is 4.79 Å². The van der Waals surface area contributed by atoms with Crippen LogP contribution < -0.4 is 4.74 Å². The second-order valence-corrected chi connectivity index (χ2v) is 8.80. The average Bonchev–Trinajstić information content (AvgIpc) is 2.75. The highest BCUT2D eigenvalue weighted by molar-refractivity contribution is 5.98. The van der Waals surface area contributed by atoms with Gasteiger partial charge in [-0.1, -0.05) is 49.4 Å². The SMILES string of the molecule is CCCN(CC(O)COc1ccccc1C(=O)CCc1ccccc1)C(=O)OC(C)(C)C. The van der Waals surface area contributed by atoms with Gasteiger partial charge in [-0.2, -0.15) is 0 Å². The first kappa shape index (κ1) is 25.4. The van der Waals surface area contributed by atoms with Crippen molar-refractivity contribution in [1.29, 1.82) is 0 Å². The molecule has 6 nitrogen and oxygen atoms in total. The quantitative estimate of drug-likeness (QED) is 0.503. The van der Waals surface area contributed by atoms with Crippen molar-refractivity contribution in [2.45, 2.75) is 58.7 Å². The Balaban J connectivity index is 1.94. The van der Waals surface area contributed by atoms with E-state index in [-0.39, 0.29) is 18.9 Å². The highest BCUT2D eigenvalue weighted by Gasteiger charge is 2.24. The van der Waals surface area contributed by atoms with Crippen molar-refractivity contribution in [2.75, 3.05) is 19.7 Å². The van der Waals surface area contributed by atoms with Crippen LogP contribution in [0.25, 0.3) is 0 Å². The molecule has 1 unspecified atom stereocenters. The van der Waals surface area contributed by atoms with Gasteiger partial charge in [-0.15, -0.1) is 0 Å².